The molecule has 48 heavy (non-hydrogen) atoms. The van der Waals surface area contributed by atoms with Gasteiger partial charge in [-0.1, -0.05) is 42.6 Å². The van der Waals surface area contributed by atoms with Crippen molar-refractivity contribution in [1.29, 1.82) is 5.26 Å². The Hall–Kier alpha value is -3.89. The molecule has 1 aliphatic carbocycles. The largest absolute Gasteiger partial charge is 0.380 e. The summed E-state index contributed by atoms with van der Waals surface area (Å²) in [6, 6.07) is 15.3. The minimum Gasteiger partial charge on any atom is -0.380 e. The standard InChI is InChI=1S/C35H40ClFN6O4S/c1-34(2,3)48(46)42-35(15-14-22-8-9-22,24-7-5-6-23(16-24)19-38)25-10-12-28(37)29(17-25)40-32(44)30-18-27(47-4)21-43(30)33(45)41-31-13-11-26(36)20-39-31/h5-7,10-13,16-17,20,22,27,30,42H,8-9,14-15,18,21H2,1-4H3,(H,40,44)(H,39,41,45)/t27-,30-,35?,48+/m1/s1. The number of ether oxygens (including phenoxy) is 1. The fourth-order valence-electron chi connectivity index (χ4n) is 5.79. The average Bonchev–Trinajstić information content (AvgIpc) is 3.79. The lowest BCUT2D eigenvalue weighted by Crippen LogP contribution is -2.49. The minimum absolute atomic E-state index is 0.0892. The van der Waals surface area contributed by atoms with Crippen LogP contribution in [-0.4, -0.2) is 56.6 Å². The smallest absolute Gasteiger partial charge is 0.323 e. The number of nitrogens with zero attached hydrogens (tertiary/aromatic N) is 3. The van der Waals surface area contributed by atoms with Crippen molar-refractivity contribution in [3.8, 4) is 6.07 Å². The molecular formula is C35H40ClFN6O4S. The van der Waals surface area contributed by atoms with Gasteiger partial charge < -0.3 is 15.0 Å². The van der Waals surface area contributed by atoms with E-state index in [1.165, 1.54) is 24.3 Å². The molecule has 0 spiro atoms. The Morgan fingerprint density at radius 2 is 1.88 bits per heavy atom. The van der Waals surface area contributed by atoms with Crippen molar-refractivity contribution in [1.82, 2.24) is 14.6 Å². The first-order chi connectivity index (χ1) is 22.8. The third-order valence-electron chi connectivity index (χ3n) is 8.77. The molecule has 1 saturated heterocycles. The molecular weight excluding hydrogens is 655 g/mol. The zero-order valence-corrected chi connectivity index (χ0v) is 29.0. The van der Waals surface area contributed by atoms with Gasteiger partial charge in [-0.15, -0.1) is 0 Å². The molecule has 3 N–H and O–H groups in total. The van der Waals surface area contributed by atoms with Gasteiger partial charge in [0.25, 0.3) is 0 Å². The fraction of sp³-hybridized carbons (Fsp3) is 0.429. The number of carbonyl (C=O) groups excluding carboxylic acids is 2. The molecule has 0 radical (unpaired) electrons. The van der Waals surface area contributed by atoms with Crippen molar-refractivity contribution in [2.24, 2.45) is 5.92 Å². The predicted molar refractivity (Wildman–Crippen MR) is 184 cm³/mol. The average molecular weight is 695 g/mol. The number of benzene rings is 2. The third-order valence-corrected chi connectivity index (χ3v) is 10.6. The highest BCUT2D eigenvalue weighted by Crippen LogP contribution is 2.43. The Kier molecular flexibility index (Phi) is 10.8. The number of nitriles is 1. The maximum atomic E-state index is 15.5. The third kappa shape index (κ3) is 8.21. The zero-order valence-electron chi connectivity index (χ0n) is 27.4. The molecule has 10 nitrogen and oxygen atoms in total. The number of carbonyl (C=O) groups is 2. The van der Waals surface area contributed by atoms with Crippen LogP contribution in [0.5, 0.6) is 0 Å². The summed E-state index contributed by atoms with van der Waals surface area (Å²) in [4.78, 5) is 32.5. The number of anilines is 2. The maximum absolute atomic E-state index is 15.5. The van der Waals surface area contributed by atoms with E-state index < -0.39 is 51.2 Å². The van der Waals surface area contributed by atoms with E-state index in [0.29, 0.717) is 34.1 Å². The second-order valence-corrected chi connectivity index (χ2v) is 15.7. The monoisotopic (exact) mass is 694 g/mol. The molecule has 2 aromatic carbocycles. The number of pyridine rings is 1. The lowest BCUT2D eigenvalue weighted by atomic mass is 9.79. The molecule has 1 saturated carbocycles. The van der Waals surface area contributed by atoms with E-state index in [0.717, 1.165) is 19.3 Å². The first-order valence-electron chi connectivity index (χ1n) is 15.9. The van der Waals surface area contributed by atoms with Crippen molar-refractivity contribution in [3.63, 3.8) is 0 Å². The van der Waals surface area contributed by atoms with Crippen LogP contribution >= 0.6 is 11.6 Å². The summed E-state index contributed by atoms with van der Waals surface area (Å²) in [6.45, 7) is 5.73. The number of hydrogen-bond donors (Lipinski definition) is 3. The summed E-state index contributed by atoms with van der Waals surface area (Å²) >= 11 is 5.92. The van der Waals surface area contributed by atoms with Gasteiger partial charge in [-0.25, -0.2) is 23.1 Å². The zero-order chi connectivity index (χ0) is 34.6. The number of likely N-dealkylation sites (tertiary alicyclic amines) is 1. The van der Waals surface area contributed by atoms with Gasteiger partial charge in [0.15, 0.2) is 0 Å². The Morgan fingerprint density at radius 3 is 2.52 bits per heavy atom. The lowest BCUT2D eigenvalue weighted by Gasteiger charge is -2.38. The van der Waals surface area contributed by atoms with Gasteiger partial charge in [0.2, 0.25) is 5.91 Å². The topological polar surface area (TPSA) is 136 Å². The number of methoxy groups -OCH3 is 1. The molecule has 254 valence electrons. The Labute approximate surface area is 288 Å². The van der Waals surface area contributed by atoms with E-state index in [4.69, 9.17) is 16.3 Å². The minimum atomic E-state index is -1.56. The van der Waals surface area contributed by atoms with Crippen LogP contribution in [-0.2, 0) is 26.1 Å². The summed E-state index contributed by atoms with van der Waals surface area (Å²) in [6.07, 6.45) is 4.72. The quantitative estimate of drug-likeness (QED) is 0.210. The van der Waals surface area contributed by atoms with Gasteiger partial charge in [-0.2, -0.15) is 5.26 Å². The molecule has 13 heteroatoms. The van der Waals surface area contributed by atoms with Gasteiger partial charge in [-0.05, 0) is 87.1 Å². The molecule has 5 rings (SSSR count). The summed E-state index contributed by atoms with van der Waals surface area (Å²) in [5.74, 6) is -0.490. The molecule has 1 aromatic heterocycles. The highest BCUT2D eigenvalue weighted by molar-refractivity contribution is 7.84. The second kappa shape index (κ2) is 14.7. The molecule has 1 aliphatic heterocycles. The first-order valence-corrected chi connectivity index (χ1v) is 17.4. The summed E-state index contributed by atoms with van der Waals surface area (Å²) in [7, 11) is -0.0583. The molecule has 4 atom stereocenters. The van der Waals surface area contributed by atoms with Crippen LogP contribution in [0.25, 0.3) is 0 Å². The summed E-state index contributed by atoms with van der Waals surface area (Å²) in [5, 5.41) is 15.5. The van der Waals surface area contributed by atoms with E-state index in [9.17, 15) is 19.1 Å². The maximum Gasteiger partial charge on any atom is 0.323 e. The molecule has 1 unspecified atom stereocenters. The van der Waals surface area contributed by atoms with Crippen molar-refractivity contribution in [3.05, 3.63) is 88.3 Å². The van der Waals surface area contributed by atoms with Gasteiger partial charge in [0.05, 0.1) is 49.7 Å². The van der Waals surface area contributed by atoms with Crippen molar-refractivity contribution < 1.29 is 22.9 Å². The van der Waals surface area contributed by atoms with E-state index in [1.807, 2.05) is 26.8 Å². The molecule has 0 bridgehead atoms. The molecule has 2 aliphatic rings. The number of urea groups is 1. The van der Waals surface area contributed by atoms with Crippen molar-refractivity contribution >= 4 is 46.0 Å². The molecule has 3 amide bonds. The van der Waals surface area contributed by atoms with E-state index >= 15 is 4.39 Å². The lowest BCUT2D eigenvalue weighted by molar-refractivity contribution is -0.119. The normalized spacial score (nSPS) is 19.6. The Morgan fingerprint density at radius 1 is 1.12 bits per heavy atom. The van der Waals surface area contributed by atoms with Crippen LogP contribution < -0.4 is 15.4 Å². The highest BCUT2D eigenvalue weighted by Gasteiger charge is 2.42. The second-order valence-electron chi connectivity index (χ2n) is 13.3. The van der Waals surface area contributed by atoms with Crippen LogP contribution in [0.2, 0.25) is 5.02 Å². The Bertz CT molecular complexity index is 1730. The number of aromatic nitrogens is 1. The summed E-state index contributed by atoms with van der Waals surface area (Å²) in [5.41, 5.74) is 0.558. The van der Waals surface area contributed by atoms with Gasteiger partial charge in [0, 0.05) is 26.3 Å². The van der Waals surface area contributed by atoms with Crippen molar-refractivity contribution in [2.45, 2.75) is 75.3 Å². The number of rotatable bonds is 11. The van der Waals surface area contributed by atoms with Gasteiger partial charge in [0.1, 0.15) is 17.7 Å². The van der Waals surface area contributed by atoms with Crippen LogP contribution in [0.4, 0.5) is 20.7 Å². The predicted octanol–water partition coefficient (Wildman–Crippen LogP) is 6.49. The molecule has 3 aromatic rings. The van der Waals surface area contributed by atoms with E-state index in [1.54, 1.807) is 42.5 Å². The fourth-order valence-corrected chi connectivity index (χ4v) is 6.86. The van der Waals surface area contributed by atoms with Crippen LogP contribution in [0.1, 0.15) is 69.6 Å². The van der Waals surface area contributed by atoms with Crippen LogP contribution in [0.15, 0.2) is 60.8 Å². The highest BCUT2D eigenvalue weighted by atomic mass is 35.5. The van der Waals surface area contributed by atoms with Crippen molar-refractivity contribution in [2.75, 3.05) is 24.3 Å². The number of halogens is 2. The molecule has 2 heterocycles. The Balaban J connectivity index is 1.49. The van der Waals surface area contributed by atoms with E-state index in [2.05, 4.69) is 26.4 Å². The van der Waals surface area contributed by atoms with Crippen LogP contribution in [0, 0.1) is 23.1 Å². The van der Waals surface area contributed by atoms with E-state index in [-0.39, 0.29) is 24.5 Å². The summed E-state index contributed by atoms with van der Waals surface area (Å²) < 4.78 is 37.6. The number of nitrogens with one attached hydrogen (secondary N) is 3. The number of amides is 3. The first kappa shape index (κ1) is 35.4. The molecule has 2 fully saturated rings. The van der Waals surface area contributed by atoms with Crippen LogP contribution in [0.3, 0.4) is 0 Å². The number of hydrogen-bond acceptors (Lipinski definition) is 6. The van der Waals surface area contributed by atoms with Gasteiger partial charge in [-0.3, -0.25) is 10.1 Å². The van der Waals surface area contributed by atoms with Gasteiger partial charge >= 0.3 is 6.03 Å². The SMILES string of the molecule is CO[C@@H]1C[C@H](C(=O)Nc2cc(C(CCC3CC3)(N[S@@](=O)C(C)(C)C)c3cccc(C#N)c3)ccc2F)N(C(=O)Nc2ccc(Cl)cn2)C1.